The Kier molecular flexibility index (Phi) is 4.42. The number of hydrogen-bond donors (Lipinski definition) is 1. The molecule has 0 aliphatic heterocycles. The van der Waals surface area contributed by atoms with E-state index >= 15 is 0 Å². The molecule has 90 valence electrons. The average molecular weight is 227 g/mol. The number of hydrogen-bond acceptors (Lipinski definition) is 5. The summed E-state index contributed by atoms with van der Waals surface area (Å²) in [5.74, 6) is -0.279. The number of ether oxygens (including phenoxy) is 1. The Labute approximate surface area is 94.2 Å². The summed E-state index contributed by atoms with van der Waals surface area (Å²) < 4.78 is 6.41. The van der Waals surface area contributed by atoms with E-state index < -0.39 is 6.04 Å². The van der Waals surface area contributed by atoms with Gasteiger partial charge in [0.1, 0.15) is 5.69 Å². The van der Waals surface area contributed by atoms with Crippen molar-refractivity contribution in [1.29, 1.82) is 0 Å². The van der Waals surface area contributed by atoms with E-state index in [9.17, 15) is 4.79 Å². The second kappa shape index (κ2) is 5.60. The van der Waals surface area contributed by atoms with Crippen LogP contribution in [-0.2, 0) is 16.1 Å². The number of carbonyl (C=O) groups is 1. The van der Waals surface area contributed by atoms with Crippen molar-refractivity contribution in [2.75, 3.05) is 6.61 Å². The van der Waals surface area contributed by atoms with Gasteiger partial charge in [-0.1, -0.05) is 19.1 Å². The van der Waals surface area contributed by atoms with E-state index in [1.54, 1.807) is 13.1 Å². The van der Waals surface area contributed by atoms with Crippen LogP contribution in [0.25, 0.3) is 0 Å². The van der Waals surface area contributed by atoms with Crippen molar-refractivity contribution in [2.45, 2.75) is 33.4 Å². The molecule has 0 aromatic carbocycles. The molecule has 1 unspecified atom stereocenters. The highest BCUT2D eigenvalue weighted by molar-refractivity contribution is 5.74. The summed E-state index contributed by atoms with van der Waals surface area (Å²) in [7, 11) is 0. The van der Waals surface area contributed by atoms with Gasteiger partial charge in [-0.25, -0.2) is 9.48 Å². The SMILES string of the molecule is CCOC(=O)C(C(C)C)n1cc(CO)nn1. The number of nitrogens with zero attached hydrogens (tertiary/aromatic N) is 3. The van der Waals surface area contributed by atoms with E-state index in [0.29, 0.717) is 12.3 Å². The van der Waals surface area contributed by atoms with Crippen LogP contribution in [-0.4, -0.2) is 32.7 Å². The van der Waals surface area contributed by atoms with Crippen LogP contribution in [0.3, 0.4) is 0 Å². The average Bonchev–Trinajstić information content (AvgIpc) is 2.66. The highest BCUT2D eigenvalue weighted by atomic mass is 16.5. The third-order valence-electron chi connectivity index (χ3n) is 2.16. The molecule has 0 fully saturated rings. The van der Waals surface area contributed by atoms with Gasteiger partial charge in [0.15, 0.2) is 6.04 Å². The minimum absolute atomic E-state index is 0.0484. The summed E-state index contributed by atoms with van der Waals surface area (Å²) >= 11 is 0. The van der Waals surface area contributed by atoms with E-state index in [1.807, 2.05) is 13.8 Å². The second-order valence-electron chi connectivity index (χ2n) is 3.79. The topological polar surface area (TPSA) is 77.2 Å². The number of aliphatic hydroxyl groups is 1. The Hall–Kier alpha value is -1.43. The highest BCUT2D eigenvalue weighted by Gasteiger charge is 2.26. The molecule has 0 bridgehead atoms. The Morgan fingerprint density at radius 1 is 1.62 bits per heavy atom. The summed E-state index contributed by atoms with van der Waals surface area (Å²) in [6.07, 6.45) is 1.56. The molecule has 0 saturated carbocycles. The maximum atomic E-state index is 11.7. The zero-order chi connectivity index (χ0) is 12.1. The molecule has 0 aliphatic rings. The molecule has 0 aliphatic carbocycles. The second-order valence-corrected chi connectivity index (χ2v) is 3.79. The standard InChI is InChI=1S/C10H17N3O3/c1-4-16-10(15)9(7(2)3)13-5-8(6-14)11-12-13/h5,7,9,14H,4,6H2,1-3H3. The fourth-order valence-corrected chi connectivity index (χ4v) is 1.44. The van der Waals surface area contributed by atoms with E-state index in [4.69, 9.17) is 9.84 Å². The lowest BCUT2D eigenvalue weighted by Crippen LogP contribution is -2.27. The molecule has 1 heterocycles. The van der Waals surface area contributed by atoms with Crippen molar-refractivity contribution in [3.05, 3.63) is 11.9 Å². The first-order valence-corrected chi connectivity index (χ1v) is 5.28. The van der Waals surface area contributed by atoms with Crippen LogP contribution in [0.5, 0.6) is 0 Å². The molecule has 1 aromatic heterocycles. The van der Waals surface area contributed by atoms with Crippen LogP contribution < -0.4 is 0 Å². The molecule has 6 nitrogen and oxygen atoms in total. The maximum Gasteiger partial charge on any atom is 0.331 e. The fraction of sp³-hybridized carbons (Fsp3) is 0.700. The van der Waals surface area contributed by atoms with Crippen molar-refractivity contribution in [3.8, 4) is 0 Å². The molecule has 16 heavy (non-hydrogen) atoms. The van der Waals surface area contributed by atoms with Crippen LogP contribution in [0.1, 0.15) is 32.5 Å². The molecule has 0 amide bonds. The number of aliphatic hydroxyl groups excluding tert-OH is 1. The van der Waals surface area contributed by atoms with E-state index in [0.717, 1.165) is 0 Å². The van der Waals surface area contributed by atoms with Crippen molar-refractivity contribution in [3.63, 3.8) is 0 Å². The molecule has 0 radical (unpaired) electrons. The van der Waals surface area contributed by atoms with Gasteiger partial charge in [0.25, 0.3) is 0 Å². The Balaban J connectivity index is 2.89. The van der Waals surface area contributed by atoms with Gasteiger partial charge in [-0.05, 0) is 12.8 Å². The van der Waals surface area contributed by atoms with Crippen LogP contribution in [0, 0.1) is 5.92 Å². The molecular weight excluding hydrogens is 210 g/mol. The van der Waals surface area contributed by atoms with Gasteiger partial charge in [0, 0.05) is 0 Å². The summed E-state index contributed by atoms with van der Waals surface area (Å²) in [5, 5.41) is 16.4. The van der Waals surface area contributed by atoms with Gasteiger partial charge >= 0.3 is 5.97 Å². The predicted molar refractivity (Wildman–Crippen MR) is 56.5 cm³/mol. The smallest absolute Gasteiger partial charge is 0.331 e. The third-order valence-corrected chi connectivity index (χ3v) is 2.16. The van der Waals surface area contributed by atoms with Crippen molar-refractivity contribution < 1.29 is 14.6 Å². The molecule has 1 N–H and O–H groups in total. The number of aromatic nitrogens is 3. The van der Waals surface area contributed by atoms with Crippen LogP contribution in [0.4, 0.5) is 0 Å². The Morgan fingerprint density at radius 3 is 2.75 bits per heavy atom. The van der Waals surface area contributed by atoms with Gasteiger partial charge in [-0.2, -0.15) is 0 Å². The monoisotopic (exact) mass is 227 g/mol. The maximum absolute atomic E-state index is 11.7. The summed E-state index contributed by atoms with van der Waals surface area (Å²) in [6, 6.07) is -0.493. The fourth-order valence-electron chi connectivity index (χ4n) is 1.44. The zero-order valence-electron chi connectivity index (χ0n) is 9.75. The van der Waals surface area contributed by atoms with Crippen molar-refractivity contribution in [2.24, 2.45) is 5.92 Å². The minimum Gasteiger partial charge on any atom is -0.464 e. The summed E-state index contributed by atoms with van der Waals surface area (Å²) in [6.45, 7) is 5.72. The quantitative estimate of drug-likeness (QED) is 0.742. The number of esters is 1. The Morgan fingerprint density at radius 2 is 2.31 bits per heavy atom. The normalized spacial score (nSPS) is 12.8. The van der Waals surface area contributed by atoms with Crippen LogP contribution in [0.15, 0.2) is 6.20 Å². The van der Waals surface area contributed by atoms with Crippen LogP contribution in [0.2, 0.25) is 0 Å². The molecular formula is C10H17N3O3. The van der Waals surface area contributed by atoms with Gasteiger partial charge in [0.2, 0.25) is 0 Å². The van der Waals surface area contributed by atoms with Crippen LogP contribution >= 0.6 is 0 Å². The lowest BCUT2D eigenvalue weighted by molar-refractivity contribution is -0.149. The lowest BCUT2D eigenvalue weighted by atomic mass is 10.1. The molecule has 1 rings (SSSR count). The van der Waals surface area contributed by atoms with Gasteiger partial charge in [-0.3, -0.25) is 0 Å². The van der Waals surface area contributed by atoms with E-state index in [-0.39, 0.29) is 18.5 Å². The largest absolute Gasteiger partial charge is 0.464 e. The first kappa shape index (κ1) is 12.6. The van der Waals surface area contributed by atoms with Gasteiger partial charge in [-0.15, -0.1) is 5.10 Å². The highest BCUT2D eigenvalue weighted by Crippen LogP contribution is 2.18. The number of carbonyl (C=O) groups excluding carboxylic acids is 1. The third kappa shape index (κ3) is 2.79. The van der Waals surface area contributed by atoms with E-state index in [2.05, 4.69) is 10.3 Å². The predicted octanol–water partition coefficient (Wildman–Crippen LogP) is 0.531. The minimum atomic E-state index is -0.493. The first-order valence-electron chi connectivity index (χ1n) is 5.28. The summed E-state index contributed by atoms with van der Waals surface area (Å²) in [5.41, 5.74) is 0.440. The van der Waals surface area contributed by atoms with Crippen molar-refractivity contribution >= 4 is 5.97 Å². The van der Waals surface area contributed by atoms with Crippen molar-refractivity contribution in [1.82, 2.24) is 15.0 Å². The lowest BCUT2D eigenvalue weighted by Gasteiger charge is -2.18. The van der Waals surface area contributed by atoms with Gasteiger partial charge in [0.05, 0.1) is 19.4 Å². The molecule has 6 heteroatoms. The molecule has 0 spiro atoms. The molecule has 0 saturated heterocycles. The number of rotatable bonds is 5. The zero-order valence-corrected chi connectivity index (χ0v) is 9.75. The molecule has 1 atom stereocenters. The first-order chi connectivity index (χ1) is 7.60. The Bertz CT molecular complexity index is 349. The van der Waals surface area contributed by atoms with Gasteiger partial charge < -0.3 is 9.84 Å². The summed E-state index contributed by atoms with van der Waals surface area (Å²) in [4.78, 5) is 11.7. The molecule has 1 aromatic rings. The van der Waals surface area contributed by atoms with E-state index in [1.165, 1.54) is 4.68 Å².